The van der Waals surface area contributed by atoms with E-state index in [-0.39, 0.29) is 16.9 Å². The summed E-state index contributed by atoms with van der Waals surface area (Å²) in [6.07, 6.45) is 3.58. The number of halogens is 2. The maximum absolute atomic E-state index is 14.4. The van der Waals surface area contributed by atoms with Gasteiger partial charge in [0.2, 0.25) is 5.95 Å². The van der Waals surface area contributed by atoms with Crippen LogP contribution in [0, 0.1) is 5.95 Å². The van der Waals surface area contributed by atoms with E-state index in [0.717, 1.165) is 25.1 Å². The molecule has 0 aliphatic carbocycles. The van der Waals surface area contributed by atoms with Crippen LogP contribution in [0.4, 0.5) is 4.39 Å². The summed E-state index contributed by atoms with van der Waals surface area (Å²) in [4.78, 5) is -0.146. The molecule has 1 aromatic heterocycles. The number of para-hydroxylation sites is 1. The van der Waals surface area contributed by atoms with Gasteiger partial charge in [-0.05, 0) is 25.0 Å². The van der Waals surface area contributed by atoms with Crippen molar-refractivity contribution < 1.29 is 9.13 Å². The first-order valence-corrected chi connectivity index (χ1v) is 7.23. The van der Waals surface area contributed by atoms with Gasteiger partial charge in [-0.3, -0.25) is 0 Å². The Kier molecular flexibility index (Phi) is 3.66. The summed E-state index contributed by atoms with van der Waals surface area (Å²) in [6, 6.07) is 9.28. The fraction of sp³-hybridized carbons (Fsp3) is 0.357. The van der Waals surface area contributed by atoms with Gasteiger partial charge in [-0.15, -0.1) is 0 Å². The maximum atomic E-state index is 14.4. The van der Waals surface area contributed by atoms with Crippen LogP contribution >= 0.6 is 15.9 Å². The number of benzene rings is 1. The van der Waals surface area contributed by atoms with Gasteiger partial charge >= 0.3 is 0 Å². The molecular formula is C14H14BrFN2O. The lowest BCUT2D eigenvalue weighted by Crippen LogP contribution is -2.13. The minimum absolute atomic E-state index is 0.0305. The highest BCUT2D eigenvalue weighted by Crippen LogP contribution is 2.35. The average molecular weight is 325 g/mol. The summed E-state index contributed by atoms with van der Waals surface area (Å²) >= 11 is 3.53. The summed E-state index contributed by atoms with van der Waals surface area (Å²) in [6.45, 7) is 0.751. The molecule has 19 heavy (non-hydrogen) atoms. The molecule has 0 amide bonds. The topological polar surface area (TPSA) is 27.1 Å². The Morgan fingerprint density at radius 3 is 2.84 bits per heavy atom. The zero-order chi connectivity index (χ0) is 13.2. The molecule has 3 nitrogen and oxygen atoms in total. The van der Waals surface area contributed by atoms with Gasteiger partial charge in [0, 0.05) is 12.2 Å². The van der Waals surface area contributed by atoms with Crippen molar-refractivity contribution in [3.63, 3.8) is 0 Å². The Balaban J connectivity index is 1.90. The fourth-order valence-corrected chi connectivity index (χ4v) is 3.04. The lowest BCUT2D eigenvalue weighted by Gasteiger charge is -2.15. The predicted octanol–water partition coefficient (Wildman–Crippen LogP) is 3.63. The molecule has 2 aromatic rings. The number of ether oxygens (including phenoxy) is 1. The van der Waals surface area contributed by atoms with E-state index in [1.807, 2.05) is 30.3 Å². The molecule has 1 aromatic carbocycles. The van der Waals surface area contributed by atoms with Crippen LogP contribution < -0.4 is 0 Å². The van der Waals surface area contributed by atoms with Crippen LogP contribution in [0.5, 0.6) is 0 Å². The smallest absolute Gasteiger partial charge is 0.220 e. The third kappa shape index (κ3) is 2.44. The monoisotopic (exact) mass is 324 g/mol. The van der Waals surface area contributed by atoms with Crippen LogP contribution in [0.15, 0.2) is 36.5 Å². The second-order valence-electron chi connectivity index (χ2n) is 4.59. The molecule has 1 aliphatic heterocycles. The van der Waals surface area contributed by atoms with Gasteiger partial charge in [0.05, 0.1) is 22.8 Å². The standard InChI is InChI=1S/C14H14BrFN2O/c15-13(12-7-4-8-19-12)11-9-17-18(14(11)16)10-5-2-1-3-6-10/h1-3,5-6,9,12-13H,4,7-8H2. The molecular weight excluding hydrogens is 311 g/mol. The highest BCUT2D eigenvalue weighted by Gasteiger charge is 2.29. The third-order valence-corrected chi connectivity index (χ3v) is 4.41. The molecule has 3 rings (SSSR count). The van der Waals surface area contributed by atoms with Gasteiger partial charge in [-0.25, -0.2) is 4.68 Å². The van der Waals surface area contributed by atoms with Gasteiger partial charge in [0.15, 0.2) is 0 Å². The van der Waals surface area contributed by atoms with Crippen molar-refractivity contribution in [3.05, 3.63) is 48.0 Å². The average Bonchev–Trinajstić information content (AvgIpc) is 3.08. The summed E-state index contributed by atoms with van der Waals surface area (Å²) in [5.41, 5.74) is 1.27. The second-order valence-corrected chi connectivity index (χ2v) is 5.58. The Morgan fingerprint density at radius 1 is 1.37 bits per heavy atom. The van der Waals surface area contributed by atoms with Crippen LogP contribution in [0.2, 0.25) is 0 Å². The zero-order valence-electron chi connectivity index (χ0n) is 10.3. The first-order valence-electron chi connectivity index (χ1n) is 6.32. The van der Waals surface area contributed by atoms with E-state index in [2.05, 4.69) is 21.0 Å². The van der Waals surface area contributed by atoms with Crippen molar-refractivity contribution in [3.8, 4) is 5.69 Å². The largest absolute Gasteiger partial charge is 0.377 e. The molecule has 0 saturated carbocycles. The normalized spacial score (nSPS) is 20.6. The SMILES string of the molecule is Fc1c(C(Br)C2CCCO2)cnn1-c1ccccc1. The predicted molar refractivity (Wildman–Crippen MR) is 74.2 cm³/mol. The van der Waals surface area contributed by atoms with Crippen molar-refractivity contribution >= 4 is 15.9 Å². The summed E-state index contributed by atoms with van der Waals surface area (Å²) in [7, 11) is 0. The quantitative estimate of drug-likeness (QED) is 0.806. The molecule has 1 saturated heterocycles. The number of hydrogen-bond acceptors (Lipinski definition) is 2. The van der Waals surface area contributed by atoms with E-state index in [1.54, 1.807) is 6.20 Å². The Hall–Kier alpha value is -1.20. The first-order chi connectivity index (χ1) is 9.27. The van der Waals surface area contributed by atoms with E-state index in [9.17, 15) is 4.39 Å². The summed E-state index contributed by atoms with van der Waals surface area (Å²) in [5.74, 6) is -0.330. The van der Waals surface area contributed by atoms with Crippen molar-refractivity contribution in [1.29, 1.82) is 0 Å². The Morgan fingerprint density at radius 2 is 2.16 bits per heavy atom. The number of hydrogen-bond donors (Lipinski definition) is 0. The van der Waals surface area contributed by atoms with Crippen LogP contribution in [0.3, 0.4) is 0 Å². The summed E-state index contributed by atoms with van der Waals surface area (Å²) in [5, 5.41) is 4.13. The lowest BCUT2D eigenvalue weighted by molar-refractivity contribution is 0.109. The van der Waals surface area contributed by atoms with Crippen LogP contribution in [-0.2, 0) is 4.74 Å². The van der Waals surface area contributed by atoms with Crippen LogP contribution in [0.25, 0.3) is 5.69 Å². The van der Waals surface area contributed by atoms with Gasteiger partial charge in [-0.2, -0.15) is 9.49 Å². The fourth-order valence-electron chi connectivity index (χ4n) is 2.31. The molecule has 2 heterocycles. The molecule has 0 radical (unpaired) electrons. The Bertz CT molecular complexity index is 552. The lowest BCUT2D eigenvalue weighted by atomic mass is 10.1. The number of nitrogens with zero attached hydrogens (tertiary/aromatic N) is 2. The van der Waals surface area contributed by atoms with Gasteiger partial charge in [0.1, 0.15) is 0 Å². The molecule has 2 atom stereocenters. The zero-order valence-corrected chi connectivity index (χ0v) is 11.9. The van der Waals surface area contributed by atoms with E-state index in [0.29, 0.717) is 5.56 Å². The van der Waals surface area contributed by atoms with Crippen LogP contribution in [0.1, 0.15) is 23.2 Å². The minimum Gasteiger partial charge on any atom is -0.377 e. The maximum Gasteiger partial charge on any atom is 0.220 e. The molecule has 2 unspecified atom stereocenters. The summed E-state index contributed by atoms with van der Waals surface area (Å²) < 4.78 is 21.3. The second kappa shape index (κ2) is 5.43. The molecule has 0 bridgehead atoms. The number of rotatable bonds is 3. The van der Waals surface area contributed by atoms with Crippen LogP contribution in [-0.4, -0.2) is 22.5 Å². The highest BCUT2D eigenvalue weighted by atomic mass is 79.9. The van der Waals surface area contributed by atoms with Crippen molar-refractivity contribution in [2.24, 2.45) is 0 Å². The van der Waals surface area contributed by atoms with Gasteiger partial charge < -0.3 is 4.74 Å². The molecule has 0 spiro atoms. The van der Waals surface area contributed by atoms with Crippen molar-refractivity contribution in [2.75, 3.05) is 6.61 Å². The first kappa shape index (κ1) is 12.8. The highest BCUT2D eigenvalue weighted by molar-refractivity contribution is 9.09. The molecule has 0 N–H and O–H groups in total. The van der Waals surface area contributed by atoms with Gasteiger partial charge in [-0.1, -0.05) is 34.1 Å². The molecule has 1 aliphatic rings. The van der Waals surface area contributed by atoms with E-state index < -0.39 is 0 Å². The molecule has 100 valence electrons. The molecule has 1 fully saturated rings. The van der Waals surface area contributed by atoms with E-state index in [1.165, 1.54) is 4.68 Å². The van der Waals surface area contributed by atoms with E-state index >= 15 is 0 Å². The Labute approximate surface area is 119 Å². The minimum atomic E-state index is -0.330. The van der Waals surface area contributed by atoms with Gasteiger partial charge in [0.25, 0.3) is 0 Å². The number of aromatic nitrogens is 2. The van der Waals surface area contributed by atoms with E-state index in [4.69, 9.17) is 4.74 Å². The third-order valence-electron chi connectivity index (χ3n) is 3.33. The van der Waals surface area contributed by atoms with Crippen molar-refractivity contribution in [2.45, 2.75) is 23.8 Å². The molecule has 5 heteroatoms. The number of alkyl halides is 1. The van der Waals surface area contributed by atoms with Crippen molar-refractivity contribution in [1.82, 2.24) is 9.78 Å².